The molecule has 0 amide bonds. The zero-order valence-corrected chi connectivity index (χ0v) is 11.3. The van der Waals surface area contributed by atoms with Crippen LogP contribution in [0.5, 0.6) is 5.88 Å². The molecule has 2 aromatic heterocycles. The monoisotopic (exact) mass is 275 g/mol. The highest BCUT2D eigenvalue weighted by Gasteiger charge is 2.17. The molecule has 7 heteroatoms. The van der Waals surface area contributed by atoms with E-state index in [1.54, 1.807) is 12.4 Å². The van der Waals surface area contributed by atoms with Gasteiger partial charge >= 0.3 is 0 Å². The van der Waals surface area contributed by atoms with Crippen molar-refractivity contribution in [1.82, 2.24) is 19.7 Å². The Hall–Kier alpha value is -2.15. The molecule has 0 bridgehead atoms. The van der Waals surface area contributed by atoms with Crippen LogP contribution in [0.15, 0.2) is 18.6 Å². The molecule has 0 unspecified atom stereocenters. The van der Waals surface area contributed by atoms with E-state index >= 15 is 0 Å². The molecule has 2 aromatic rings. The molecule has 20 heavy (non-hydrogen) atoms. The van der Waals surface area contributed by atoms with Crippen molar-refractivity contribution in [3.8, 4) is 17.1 Å². The molecule has 0 aliphatic carbocycles. The summed E-state index contributed by atoms with van der Waals surface area (Å²) in [5.41, 5.74) is 7.27. The molecule has 7 nitrogen and oxygen atoms in total. The van der Waals surface area contributed by atoms with E-state index in [-0.39, 0.29) is 5.82 Å². The minimum atomic E-state index is 0.285. The summed E-state index contributed by atoms with van der Waals surface area (Å²) in [5, 5.41) is 4.42. The standard InChI is InChI=1S/C13H17N5O2/c1-19-13-12(14)15-7-11(17-13)9-6-16-18(8-9)10-2-4-20-5-3-10/h6-8,10H,2-5H2,1H3,(H2,14,15). The van der Waals surface area contributed by atoms with Crippen molar-refractivity contribution in [3.05, 3.63) is 18.6 Å². The average molecular weight is 275 g/mol. The Morgan fingerprint density at radius 3 is 2.90 bits per heavy atom. The number of anilines is 1. The summed E-state index contributed by atoms with van der Waals surface area (Å²) in [5.74, 6) is 0.620. The molecule has 1 saturated heterocycles. The molecule has 1 fully saturated rings. The number of nitrogens with two attached hydrogens (primary N) is 1. The zero-order chi connectivity index (χ0) is 13.9. The maximum atomic E-state index is 5.67. The lowest BCUT2D eigenvalue weighted by Crippen LogP contribution is -2.19. The van der Waals surface area contributed by atoms with E-state index in [1.165, 1.54) is 7.11 Å². The number of hydrogen-bond acceptors (Lipinski definition) is 6. The summed E-state index contributed by atoms with van der Waals surface area (Å²) in [6.07, 6.45) is 7.36. The summed E-state index contributed by atoms with van der Waals surface area (Å²) >= 11 is 0. The molecule has 1 aliphatic rings. The van der Waals surface area contributed by atoms with Crippen molar-refractivity contribution in [2.24, 2.45) is 0 Å². The second-order valence-corrected chi connectivity index (χ2v) is 4.70. The van der Waals surface area contributed by atoms with Gasteiger partial charge in [-0.15, -0.1) is 0 Å². The van der Waals surface area contributed by atoms with E-state index in [1.807, 2.05) is 10.9 Å². The summed E-state index contributed by atoms with van der Waals surface area (Å²) < 4.78 is 12.4. The molecular weight excluding hydrogens is 258 g/mol. The van der Waals surface area contributed by atoms with E-state index in [0.717, 1.165) is 31.6 Å². The second kappa shape index (κ2) is 5.46. The summed E-state index contributed by atoms with van der Waals surface area (Å²) in [7, 11) is 1.52. The molecule has 1 aliphatic heterocycles. The normalized spacial score (nSPS) is 16.2. The Morgan fingerprint density at radius 1 is 1.35 bits per heavy atom. The number of rotatable bonds is 3. The number of ether oxygens (including phenoxy) is 2. The van der Waals surface area contributed by atoms with Crippen LogP contribution in [-0.4, -0.2) is 40.1 Å². The predicted molar refractivity (Wildman–Crippen MR) is 73.3 cm³/mol. The Kier molecular flexibility index (Phi) is 3.51. The van der Waals surface area contributed by atoms with Crippen LogP contribution in [0, 0.1) is 0 Å². The van der Waals surface area contributed by atoms with Gasteiger partial charge in [-0.2, -0.15) is 5.10 Å². The summed E-state index contributed by atoms with van der Waals surface area (Å²) in [4.78, 5) is 8.41. The second-order valence-electron chi connectivity index (χ2n) is 4.70. The first kappa shape index (κ1) is 12.9. The maximum Gasteiger partial charge on any atom is 0.257 e. The van der Waals surface area contributed by atoms with Gasteiger partial charge in [-0.25, -0.2) is 9.97 Å². The minimum Gasteiger partial charge on any atom is -0.478 e. The van der Waals surface area contributed by atoms with Crippen LogP contribution in [0.2, 0.25) is 0 Å². The smallest absolute Gasteiger partial charge is 0.257 e. The summed E-state index contributed by atoms with van der Waals surface area (Å²) in [6.45, 7) is 1.57. The zero-order valence-electron chi connectivity index (χ0n) is 11.3. The van der Waals surface area contributed by atoms with Crippen LogP contribution < -0.4 is 10.5 Å². The van der Waals surface area contributed by atoms with Gasteiger partial charge in [0.25, 0.3) is 5.88 Å². The van der Waals surface area contributed by atoms with Crippen LogP contribution in [0.25, 0.3) is 11.3 Å². The number of methoxy groups -OCH3 is 1. The molecule has 0 saturated carbocycles. The third-order valence-corrected chi connectivity index (χ3v) is 3.42. The quantitative estimate of drug-likeness (QED) is 0.907. The molecule has 0 aromatic carbocycles. The average Bonchev–Trinajstić information content (AvgIpc) is 2.98. The fraction of sp³-hybridized carbons (Fsp3) is 0.462. The Labute approximate surface area is 116 Å². The SMILES string of the molecule is COc1nc(-c2cnn(C3CCOCC3)c2)cnc1N. The van der Waals surface area contributed by atoms with Crippen LogP contribution in [0.3, 0.4) is 0 Å². The Morgan fingerprint density at radius 2 is 2.15 bits per heavy atom. The van der Waals surface area contributed by atoms with Gasteiger partial charge < -0.3 is 15.2 Å². The molecule has 3 heterocycles. The molecule has 0 spiro atoms. The number of hydrogen-bond donors (Lipinski definition) is 1. The third kappa shape index (κ3) is 2.44. The fourth-order valence-electron chi connectivity index (χ4n) is 2.29. The van der Waals surface area contributed by atoms with Gasteiger partial charge in [-0.1, -0.05) is 0 Å². The van der Waals surface area contributed by atoms with Crippen LogP contribution in [0.1, 0.15) is 18.9 Å². The number of aromatic nitrogens is 4. The Bertz CT molecular complexity index is 592. The maximum absolute atomic E-state index is 5.67. The first-order valence-electron chi connectivity index (χ1n) is 6.56. The van der Waals surface area contributed by atoms with Crippen molar-refractivity contribution in [2.75, 3.05) is 26.1 Å². The van der Waals surface area contributed by atoms with E-state index in [9.17, 15) is 0 Å². The highest BCUT2D eigenvalue weighted by molar-refractivity contribution is 5.58. The van der Waals surface area contributed by atoms with Crippen LogP contribution in [0.4, 0.5) is 5.82 Å². The van der Waals surface area contributed by atoms with Crippen LogP contribution >= 0.6 is 0 Å². The lowest BCUT2D eigenvalue weighted by molar-refractivity contribution is 0.0662. The van der Waals surface area contributed by atoms with Gasteiger partial charge in [0.15, 0.2) is 5.82 Å². The van der Waals surface area contributed by atoms with Crippen molar-refractivity contribution in [1.29, 1.82) is 0 Å². The molecule has 0 atom stereocenters. The first-order valence-corrected chi connectivity index (χ1v) is 6.56. The van der Waals surface area contributed by atoms with Gasteiger partial charge in [-0.3, -0.25) is 4.68 Å². The van der Waals surface area contributed by atoms with Gasteiger partial charge in [0.2, 0.25) is 0 Å². The van der Waals surface area contributed by atoms with Gasteiger partial charge in [0, 0.05) is 25.0 Å². The van der Waals surface area contributed by atoms with Gasteiger partial charge in [0.1, 0.15) is 0 Å². The highest BCUT2D eigenvalue weighted by atomic mass is 16.5. The lowest BCUT2D eigenvalue weighted by Gasteiger charge is -2.22. The van der Waals surface area contributed by atoms with Gasteiger partial charge in [-0.05, 0) is 12.8 Å². The largest absolute Gasteiger partial charge is 0.478 e. The Balaban J connectivity index is 1.85. The van der Waals surface area contributed by atoms with Crippen molar-refractivity contribution >= 4 is 5.82 Å². The van der Waals surface area contributed by atoms with Crippen molar-refractivity contribution in [2.45, 2.75) is 18.9 Å². The molecule has 3 rings (SSSR count). The predicted octanol–water partition coefficient (Wildman–Crippen LogP) is 1.28. The van der Waals surface area contributed by atoms with E-state index in [0.29, 0.717) is 17.6 Å². The third-order valence-electron chi connectivity index (χ3n) is 3.42. The number of nitrogen functional groups attached to an aromatic ring is 1. The molecule has 2 N–H and O–H groups in total. The molecular formula is C13H17N5O2. The highest BCUT2D eigenvalue weighted by Crippen LogP contribution is 2.25. The van der Waals surface area contributed by atoms with Crippen molar-refractivity contribution in [3.63, 3.8) is 0 Å². The minimum absolute atomic E-state index is 0.285. The fourth-order valence-corrected chi connectivity index (χ4v) is 2.29. The number of nitrogens with zero attached hydrogens (tertiary/aromatic N) is 4. The van der Waals surface area contributed by atoms with Gasteiger partial charge in [0.05, 0.1) is 31.2 Å². The van der Waals surface area contributed by atoms with E-state index in [4.69, 9.17) is 15.2 Å². The molecule has 0 radical (unpaired) electrons. The van der Waals surface area contributed by atoms with Crippen molar-refractivity contribution < 1.29 is 9.47 Å². The lowest BCUT2D eigenvalue weighted by atomic mass is 10.1. The first-order chi connectivity index (χ1) is 9.78. The topological polar surface area (TPSA) is 88.1 Å². The molecule has 106 valence electrons. The van der Waals surface area contributed by atoms with Crippen LogP contribution in [-0.2, 0) is 4.74 Å². The summed E-state index contributed by atoms with van der Waals surface area (Å²) in [6, 6.07) is 0.390. The van der Waals surface area contributed by atoms with E-state index < -0.39 is 0 Å². The van der Waals surface area contributed by atoms with E-state index in [2.05, 4.69) is 15.1 Å².